The minimum Gasteiger partial charge on any atom is -0.486 e. The van der Waals surface area contributed by atoms with E-state index in [4.69, 9.17) is 9.47 Å². The molecule has 0 saturated carbocycles. The fourth-order valence-electron chi connectivity index (χ4n) is 2.13. The number of amides is 1. The summed E-state index contributed by atoms with van der Waals surface area (Å²) in [5.41, 5.74) is 0.785. The number of carbonyl (C=O) groups excluding carboxylic acids is 1. The van der Waals surface area contributed by atoms with Gasteiger partial charge in [0.1, 0.15) is 13.2 Å². The Hall–Kier alpha value is -1.66. The minimum absolute atomic E-state index is 0.0350. The number of thioether (sulfide) groups is 1. The summed E-state index contributed by atoms with van der Waals surface area (Å²) in [6.45, 7) is 3.02. The predicted octanol–water partition coefficient (Wildman–Crippen LogP) is 4.34. The van der Waals surface area contributed by atoms with Gasteiger partial charge in [0.25, 0.3) is 0 Å². The van der Waals surface area contributed by atoms with E-state index in [0.717, 1.165) is 26.6 Å². The summed E-state index contributed by atoms with van der Waals surface area (Å²) in [6, 6.07) is 13.3. The highest BCUT2D eigenvalue weighted by Crippen LogP contribution is 2.35. The molecule has 1 atom stereocenters. The van der Waals surface area contributed by atoms with E-state index in [1.807, 2.05) is 49.4 Å². The second-order valence-electron chi connectivity index (χ2n) is 5.06. The maximum absolute atomic E-state index is 12.3. The molecule has 0 unspecified atom stereocenters. The maximum Gasteiger partial charge on any atom is 0.237 e. The van der Waals surface area contributed by atoms with Gasteiger partial charge in [-0.25, -0.2) is 0 Å². The minimum atomic E-state index is -0.221. The van der Waals surface area contributed by atoms with Crippen LogP contribution < -0.4 is 14.8 Å². The second kappa shape index (κ2) is 7.27. The van der Waals surface area contributed by atoms with Gasteiger partial charge in [-0.05, 0) is 49.4 Å². The molecule has 2 aromatic carbocycles. The Morgan fingerprint density at radius 3 is 2.57 bits per heavy atom. The lowest BCUT2D eigenvalue weighted by Crippen LogP contribution is -2.22. The van der Waals surface area contributed by atoms with Gasteiger partial charge in [-0.1, -0.05) is 15.9 Å². The Morgan fingerprint density at radius 1 is 1.13 bits per heavy atom. The molecule has 1 heterocycles. The lowest BCUT2D eigenvalue weighted by Gasteiger charge is -2.19. The van der Waals surface area contributed by atoms with Crippen molar-refractivity contribution in [2.75, 3.05) is 18.5 Å². The fraction of sp³-hybridized carbons (Fsp3) is 0.235. The Labute approximate surface area is 147 Å². The largest absolute Gasteiger partial charge is 0.486 e. The maximum atomic E-state index is 12.3. The molecule has 0 aromatic heterocycles. The quantitative estimate of drug-likeness (QED) is 0.784. The zero-order chi connectivity index (χ0) is 16.2. The van der Waals surface area contributed by atoms with Gasteiger partial charge < -0.3 is 14.8 Å². The summed E-state index contributed by atoms with van der Waals surface area (Å²) < 4.78 is 12.1. The number of fused-ring (bicyclic) bond motifs is 1. The molecular weight excluding hydrogens is 378 g/mol. The SMILES string of the molecule is C[C@@H](Sc1ccc2c(c1)OCCO2)C(=O)Nc1ccc(Br)cc1. The molecule has 0 spiro atoms. The average molecular weight is 394 g/mol. The molecule has 2 aromatic rings. The lowest BCUT2D eigenvalue weighted by molar-refractivity contribution is -0.115. The number of carbonyl (C=O) groups is 1. The summed E-state index contributed by atoms with van der Waals surface area (Å²) in [5, 5.41) is 2.69. The van der Waals surface area contributed by atoms with Crippen LogP contribution >= 0.6 is 27.7 Å². The normalized spacial score (nSPS) is 14.2. The molecule has 1 N–H and O–H groups in total. The zero-order valence-corrected chi connectivity index (χ0v) is 14.9. The van der Waals surface area contributed by atoms with Gasteiger partial charge in [0.05, 0.1) is 5.25 Å². The van der Waals surface area contributed by atoms with Gasteiger partial charge in [-0.3, -0.25) is 4.79 Å². The number of rotatable bonds is 4. The average Bonchev–Trinajstić information content (AvgIpc) is 2.56. The van der Waals surface area contributed by atoms with Gasteiger partial charge in [-0.2, -0.15) is 0 Å². The monoisotopic (exact) mass is 393 g/mol. The van der Waals surface area contributed by atoms with E-state index in [1.54, 1.807) is 0 Å². The zero-order valence-electron chi connectivity index (χ0n) is 12.5. The summed E-state index contributed by atoms with van der Waals surface area (Å²) >= 11 is 4.87. The van der Waals surface area contributed by atoms with Crippen molar-refractivity contribution in [3.05, 3.63) is 46.9 Å². The Kier molecular flexibility index (Phi) is 5.13. The Balaban J connectivity index is 1.62. The summed E-state index contributed by atoms with van der Waals surface area (Å²) in [7, 11) is 0. The summed E-state index contributed by atoms with van der Waals surface area (Å²) in [5.74, 6) is 1.46. The number of benzene rings is 2. The van der Waals surface area contributed by atoms with Gasteiger partial charge in [-0.15, -0.1) is 11.8 Å². The van der Waals surface area contributed by atoms with E-state index in [-0.39, 0.29) is 11.2 Å². The van der Waals surface area contributed by atoms with Gasteiger partial charge in [0, 0.05) is 15.1 Å². The smallest absolute Gasteiger partial charge is 0.237 e. The highest BCUT2D eigenvalue weighted by atomic mass is 79.9. The first-order valence-electron chi connectivity index (χ1n) is 7.24. The molecular formula is C17H16BrNO3S. The summed E-state index contributed by atoms with van der Waals surface area (Å²) in [4.78, 5) is 13.3. The molecule has 0 bridgehead atoms. The number of nitrogens with one attached hydrogen (secondary N) is 1. The predicted molar refractivity (Wildman–Crippen MR) is 95.5 cm³/mol. The first kappa shape index (κ1) is 16.2. The molecule has 1 aliphatic heterocycles. The van der Waals surface area contributed by atoms with Crippen LogP contribution in [0.2, 0.25) is 0 Å². The van der Waals surface area contributed by atoms with E-state index in [2.05, 4.69) is 21.2 Å². The first-order valence-corrected chi connectivity index (χ1v) is 8.92. The molecule has 1 aliphatic rings. The Bertz CT molecular complexity index is 705. The first-order chi connectivity index (χ1) is 11.1. The highest BCUT2D eigenvalue weighted by molar-refractivity contribution is 9.10. The van der Waals surface area contributed by atoms with Gasteiger partial charge in [0.2, 0.25) is 5.91 Å². The third-order valence-electron chi connectivity index (χ3n) is 3.31. The number of ether oxygens (including phenoxy) is 2. The standard InChI is InChI=1S/C17H16BrNO3S/c1-11(17(20)19-13-4-2-12(18)3-5-13)23-14-6-7-15-16(10-14)22-9-8-21-15/h2-7,10-11H,8-9H2,1H3,(H,19,20)/t11-/m1/s1. The summed E-state index contributed by atoms with van der Waals surface area (Å²) in [6.07, 6.45) is 0. The number of hydrogen-bond acceptors (Lipinski definition) is 4. The van der Waals surface area contributed by atoms with E-state index >= 15 is 0 Å². The fourth-order valence-corrected chi connectivity index (χ4v) is 3.29. The molecule has 6 heteroatoms. The van der Waals surface area contributed by atoms with Crippen LogP contribution in [0, 0.1) is 0 Å². The van der Waals surface area contributed by atoms with Crippen LogP contribution in [0.3, 0.4) is 0 Å². The third kappa shape index (κ3) is 4.20. The van der Waals surface area contributed by atoms with Crippen molar-refractivity contribution in [2.45, 2.75) is 17.1 Å². The van der Waals surface area contributed by atoms with E-state index < -0.39 is 0 Å². The molecule has 120 valence electrons. The van der Waals surface area contributed by atoms with E-state index in [9.17, 15) is 4.79 Å². The van der Waals surface area contributed by atoms with Crippen molar-refractivity contribution in [1.82, 2.24) is 0 Å². The van der Waals surface area contributed by atoms with Crippen LogP contribution in [0.25, 0.3) is 0 Å². The number of halogens is 1. The van der Waals surface area contributed by atoms with Crippen LogP contribution in [-0.2, 0) is 4.79 Å². The third-order valence-corrected chi connectivity index (χ3v) is 4.93. The topological polar surface area (TPSA) is 47.6 Å². The van der Waals surface area contributed by atoms with Crippen molar-refractivity contribution in [3.8, 4) is 11.5 Å². The second-order valence-corrected chi connectivity index (χ2v) is 7.39. The van der Waals surface area contributed by atoms with E-state index in [1.165, 1.54) is 11.8 Å². The molecule has 0 aliphatic carbocycles. The van der Waals surface area contributed by atoms with Crippen LogP contribution in [0.1, 0.15) is 6.92 Å². The Morgan fingerprint density at radius 2 is 1.83 bits per heavy atom. The van der Waals surface area contributed by atoms with Crippen LogP contribution in [0.15, 0.2) is 51.8 Å². The molecule has 0 saturated heterocycles. The van der Waals surface area contributed by atoms with Gasteiger partial charge >= 0.3 is 0 Å². The molecule has 3 rings (SSSR count). The van der Waals surface area contributed by atoms with Gasteiger partial charge in [0.15, 0.2) is 11.5 Å². The lowest BCUT2D eigenvalue weighted by atomic mass is 10.3. The van der Waals surface area contributed by atoms with Crippen molar-refractivity contribution in [1.29, 1.82) is 0 Å². The molecule has 0 radical (unpaired) electrons. The molecule has 1 amide bonds. The number of hydrogen-bond donors (Lipinski definition) is 1. The molecule has 4 nitrogen and oxygen atoms in total. The van der Waals surface area contributed by atoms with E-state index in [0.29, 0.717) is 13.2 Å². The van der Waals surface area contributed by atoms with Crippen molar-refractivity contribution in [2.24, 2.45) is 0 Å². The van der Waals surface area contributed by atoms with Crippen LogP contribution in [-0.4, -0.2) is 24.4 Å². The van der Waals surface area contributed by atoms with Crippen LogP contribution in [0.5, 0.6) is 11.5 Å². The molecule has 23 heavy (non-hydrogen) atoms. The van der Waals surface area contributed by atoms with Crippen molar-refractivity contribution < 1.29 is 14.3 Å². The van der Waals surface area contributed by atoms with Crippen LogP contribution in [0.4, 0.5) is 5.69 Å². The number of anilines is 1. The molecule has 0 fully saturated rings. The van der Waals surface area contributed by atoms with Crippen molar-refractivity contribution in [3.63, 3.8) is 0 Å². The highest BCUT2D eigenvalue weighted by Gasteiger charge is 2.17. The van der Waals surface area contributed by atoms with Crippen molar-refractivity contribution >= 4 is 39.3 Å².